The summed E-state index contributed by atoms with van der Waals surface area (Å²) in [5, 5.41) is 21.5. The first-order valence-electron chi connectivity index (χ1n) is 4.14. The fourth-order valence-electron chi connectivity index (χ4n) is 1.02. The average molecular weight is 214 g/mol. The molecular weight excluding hydrogens is 204 g/mol. The molecule has 15 heavy (non-hydrogen) atoms. The largest absolute Gasteiger partial charge is 0.481 e. The maximum Gasteiger partial charge on any atom is 0.344 e. The third-order valence-electron chi connectivity index (χ3n) is 1.77. The first kappa shape index (κ1) is 11.0. The van der Waals surface area contributed by atoms with Crippen molar-refractivity contribution in [2.24, 2.45) is 7.05 Å². The number of nitrogens with one attached hydrogen (secondary N) is 1. The molecule has 8 nitrogen and oxygen atoms in total. The molecule has 0 unspecified atom stereocenters. The molecule has 0 saturated heterocycles. The molecule has 0 spiro atoms. The molecule has 2 N–H and O–H groups in total. The van der Waals surface area contributed by atoms with Crippen molar-refractivity contribution in [1.29, 1.82) is 0 Å². The molecule has 0 aliphatic carbocycles. The van der Waals surface area contributed by atoms with E-state index in [1.807, 2.05) is 0 Å². The standard InChI is InChI=1S/C7H10N4O4/c1-10-5(11(14)15)4-9-7(10)8-3-2-6(12)13/h4H,2-3H2,1H3,(H,8,9)(H,12,13). The summed E-state index contributed by atoms with van der Waals surface area (Å²) < 4.78 is 1.25. The van der Waals surface area contributed by atoms with Gasteiger partial charge in [-0.15, -0.1) is 0 Å². The second-order valence-corrected chi connectivity index (χ2v) is 2.83. The van der Waals surface area contributed by atoms with Gasteiger partial charge in [0.2, 0.25) is 0 Å². The summed E-state index contributed by atoms with van der Waals surface area (Å²) in [6.07, 6.45) is 1.05. The third-order valence-corrected chi connectivity index (χ3v) is 1.77. The summed E-state index contributed by atoms with van der Waals surface area (Å²) >= 11 is 0. The van der Waals surface area contributed by atoms with Gasteiger partial charge in [0.25, 0.3) is 5.95 Å². The molecule has 0 bridgehead atoms. The van der Waals surface area contributed by atoms with Crippen LogP contribution < -0.4 is 5.32 Å². The number of imidazole rings is 1. The van der Waals surface area contributed by atoms with E-state index in [2.05, 4.69) is 10.3 Å². The Labute approximate surface area is 84.7 Å². The number of carboxylic acids is 1. The van der Waals surface area contributed by atoms with Crippen LogP contribution in [0.5, 0.6) is 0 Å². The highest BCUT2D eigenvalue weighted by molar-refractivity contribution is 5.67. The minimum absolute atomic E-state index is 0.0688. The van der Waals surface area contributed by atoms with Gasteiger partial charge in [0.05, 0.1) is 13.5 Å². The van der Waals surface area contributed by atoms with E-state index in [-0.39, 0.29) is 24.7 Å². The zero-order valence-corrected chi connectivity index (χ0v) is 8.01. The lowest BCUT2D eigenvalue weighted by Crippen LogP contribution is -2.11. The Kier molecular flexibility index (Phi) is 3.21. The monoisotopic (exact) mass is 214 g/mol. The summed E-state index contributed by atoms with van der Waals surface area (Å²) in [6.45, 7) is 0.178. The number of hydrogen-bond donors (Lipinski definition) is 2. The molecule has 0 aliphatic rings. The number of aliphatic carboxylic acids is 1. The fourth-order valence-corrected chi connectivity index (χ4v) is 1.02. The highest BCUT2D eigenvalue weighted by Crippen LogP contribution is 2.14. The number of nitrogens with zero attached hydrogens (tertiary/aromatic N) is 3. The van der Waals surface area contributed by atoms with Gasteiger partial charge in [0.1, 0.15) is 6.20 Å². The minimum atomic E-state index is -0.939. The molecule has 0 amide bonds. The number of aromatic nitrogens is 2. The maximum absolute atomic E-state index is 10.4. The van der Waals surface area contributed by atoms with Gasteiger partial charge in [-0.05, 0) is 4.92 Å². The molecule has 0 radical (unpaired) electrons. The summed E-state index contributed by atoms with van der Waals surface area (Å²) in [4.78, 5) is 23.8. The molecule has 1 aromatic rings. The molecule has 0 saturated carbocycles. The van der Waals surface area contributed by atoms with Gasteiger partial charge >= 0.3 is 11.8 Å². The van der Waals surface area contributed by atoms with Gasteiger partial charge in [0, 0.05) is 6.54 Å². The van der Waals surface area contributed by atoms with Crippen LogP contribution >= 0.6 is 0 Å². The van der Waals surface area contributed by atoms with E-state index in [0.29, 0.717) is 0 Å². The molecule has 82 valence electrons. The zero-order valence-electron chi connectivity index (χ0n) is 8.01. The van der Waals surface area contributed by atoms with E-state index in [0.717, 1.165) is 6.20 Å². The van der Waals surface area contributed by atoms with E-state index in [1.54, 1.807) is 0 Å². The Morgan fingerprint density at radius 2 is 2.47 bits per heavy atom. The van der Waals surface area contributed by atoms with E-state index < -0.39 is 10.9 Å². The quantitative estimate of drug-likeness (QED) is 0.535. The van der Waals surface area contributed by atoms with Crippen molar-refractivity contribution in [3.8, 4) is 0 Å². The normalized spacial score (nSPS) is 9.93. The molecule has 0 aliphatic heterocycles. The van der Waals surface area contributed by atoms with Gasteiger partial charge < -0.3 is 20.5 Å². The Morgan fingerprint density at radius 3 is 2.93 bits per heavy atom. The van der Waals surface area contributed by atoms with Gasteiger partial charge in [-0.2, -0.15) is 9.55 Å². The number of anilines is 1. The Bertz CT molecular complexity index is 386. The predicted octanol–water partition coefficient (Wildman–Crippen LogP) is 0.215. The van der Waals surface area contributed by atoms with Crippen molar-refractivity contribution in [3.63, 3.8) is 0 Å². The van der Waals surface area contributed by atoms with Crippen molar-refractivity contribution in [3.05, 3.63) is 16.3 Å². The van der Waals surface area contributed by atoms with Crippen LogP contribution in [0.3, 0.4) is 0 Å². The summed E-state index contributed by atoms with van der Waals surface area (Å²) in [5.74, 6) is -0.804. The van der Waals surface area contributed by atoms with Crippen molar-refractivity contribution >= 4 is 17.7 Å². The fraction of sp³-hybridized carbons (Fsp3) is 0.429. The van der Waals surface area contributed by atoms with Gasteiger partial charge in [-0.3, -0.25) is 4.79 Å². The van der Waals surface area contributed by atoms with Crippen molar-refractivity contribution in [1.82, 2.24) is 9.55 Å². The highest BCUT2D eigenvalue weighted by atomic mass is 16.6. The summed E-state index contributed by atoms with van der Waals surface area (Å²) in [6, 6.07) is 0. The van der Waals surface area contributed by atoms with Crippen LogP contribution in [0, 0.1) is 10.1 Å². The van der Waals surface area contributed by atoms with E-state index in [1.165, 1.54) is 11.6 Å². The lowest BCUT2D eigenvalue weighted by molar-refractivity contribution is -0.391. The maximum atomic E-state index is 10.4. The van der Waals surface area contributed by atoms with Crippen LogP contribution in [0.25, 0.3) is 0 Å². The van der Waals surface area contributed by atoms with Gasteiger partial charge in [0.15, 0.2) is 0 Å². The molecule has 8 heteroatoms. The highest BCUT2D eigenvalue weighted by Gasteiger charge is 2.15. The molecule has 1 rings (SSSR count). The zero-order chi connectivity index (χ0) is 11.4. The Hall–Kier alpha value is -2.12. The topological polar surface area (TPSA) is 110 Å². The lowest BCUT2D eigenvalue weighted by atomic mass is 10.4. The predicted molar refractivity (Wildman–Crippen MR) is 50.6 cm³/mol. The number of carboxylic acid groups (broad SMARTS) is 1. The average Bonchev–Trinajstić information content (AvgIpc) is 2.47. The lowest BCUT2D eigenvalue weighted by Gasteiger charge is -2.00. The Morgan fingerprint density at radius 1 is 1.80 bits per heavy atom. The van der Waals surface area contributed by atoms with Gasteiger partial charge in [-0.1, -0.05) is 0 Å². The van der Waals surface area contributed by atoms with E-state index in [4.69, 9.17) is 5.11 Å². The van der Waals surface area contributed by atoms with Crippen molar-refractivity contribution in [2.75, 3.05) is 11.9 Å². The summed E-state index contributed by atoms with van der Waals surface area (Å²) in [5.41, 5.74) is 0. The third kappa shape index (κ3) is 2.66. The Balaban J connectivity index is 2.63. The molecule has 0 atom stereocenters. The number of carbonyl (C=O) groups is 1. The molecule has 1 heterocycles. The smallest absolute Gasteiger partial charge is 0.344 e. The second-order valence-electron chi connectivity index (χ2n) is 2.83. The van der Waals surface area contributed by atoms with Crippen LogP contribution in [0.2, 0.25) is 0 Å². The molecule has 1 aromatic heterocycles. The van der Waals surface area contributed by atoms with Crippen LogP contribution in [-0.4, -0.2) is 32.1 Å². The number of rotatable bonds is 5. The molecular formula is C7H10N4O4. The van der Waals surface area contributed by atoms with E-state index >= 15 is 0 Å². The van der Waals surface area contributed by atoms with Crippen LogP contribution in [0.15, 0.2) is 6.20 Å². The SMILES string of the molecule is Cn1c([N+](=O)[O-])cnc1NCCC(=O)O. The molecule has 0 aromatic carbocycles. The van der Waals surface area contributed by atoms with Crippen molar-refractivity contribution in [2.45, 2.75) is 6.42 Å². The van der Waals surface area contributed by atoms with E-state index in [9.17, 15) is 14.9 Å². The van der Waals surface area contributed by atoms with Crippen LogP contribution in [-0.2, 0) is 11.8 Å². The first-order chi connectivity index (χ1) is 7.02. The summed E-state index contributed by atoms with van der Waals surface area (Å²) in [7, 11) is 1.48. The van der Waals surface area contributed by atoms with Crippen molar-refractivity contribution < 1.29 is 14.8 Å². The van der Waals surface area contributed by atoms with Gasteiger partial charge in [-0.25, -0.2) is 0 Å². The minimum Gasteiger partial charge on any atom is -0.481 e. The molecule has 0 fully saturated rings. The number of hydrogen-bond acceptors (Lipinski definition) is 5. The second kappa shape index (κ2) is 4.40. The number of nitro groups is 1. The van der Waals surface area contributed by atoms with Crippen LogP contribution in [0.4, 0.5) is 11.8 Å². The van der Waals surface area contributed by atoms with Crippen LogP contribution in [0.1, 0.15) is 6.42 Å². The first-order valence-corrected chi connectivity index (χ1v) is 4.14.